The first-order chi connectivity index (χ1) is 26.7. The van der Waals surface area contributed by atoms with Crippen LogP contribution >= 0.6 is 0 Å². The maximum atomic E-state index is 14.1. The largest absolute Gasteiger partial charge is 0.391 e. The Morgan fingerprint density at radius 1 is 0.804 bits per heavy atom. The number of aliphatic hydroxyl groups is 1. The van der Waals surface area contributed by atoms with Crippen LogP contribution in [0.3, 0.4) is 0 Å². The third-order valence-electron chi connectivity index (χ3n) is 14.2. The van der Waals surface area contributed by atoms with Crippen LogP contribution in [0.25, 0.3) is 0 Å². The molecule has 15 heteroatoms. The number of carbonyl (C=O) groups is 1. The molecule has 0 amide bonds. The number of methoxy groups -OCH3 is 1. The van der Waals surface area contributed by atoms with Gasteiger partial charge in [0, 0.05) is 51.6 Å². The van der Waals surface area contributed by atoms with Gasteiger partial charge in [0.25, 0.3) is 10.1 Å². The van der Waals surface area contributed by atoms with Crippen LogP contribution in [-0.2, 0) is 61.7 Å². The minimum Gasteiger partial charge on any atom is -0.391 e. The molecule has 0 aromatic heterocycles. The van der Waals surface area contributed by atoms with Gasteiger partial charge in [-0.3, -0.25) is 8.98 Å². The molecule has 10 heterocycles. The van der Waals surface area contributed by atoms with Gasteiger partial charge in [0.15, 0.2) is 5.79 Å². The molecule has 10 aliphatic heterocycles. The lowest BCUT2D eigenvalue weighted by molar-refractivity contribution is -0.292. The molecular formula is C41H60O14S. The smallest absolute Gasteiger partial charge is 0.264 e. The summed E-state index contributed by atoms with van der Waals surface area (Å²) in [5.74, 6) is -0.927. The number of hydrogen-bond donors (Lipinski definition) is 1. The Morgan fingerprint density at radius 2 is 1.54 bits per heavy atom. The van der Waals surface area contributed by atoms with Gasteiger partial charge >= 0.3 is 0 Å². The van der Waals surface area contributed by atoms with Gasteiger partial charge in [-0.25, -0.2) is 0 Å². The van der Waals surface area contributed by atoms with E-state index < -0.39 is 53.0 Å². The third kappa shape index (κ3) is 7.87. The molecule has 4 unspecified atom stereocenters. The first-order valence-electron chi connectivity index (χ1n) is 21.0. The zero-order valence-electron chi connectivity index (χ0n) is 32.9. The zero-order chi connectivity index (χ0) is 39.1. The molecule has 0 saturated carbocycles. The van der Waals surface area contributed by atoms with Crippen molar-refractivity contribution in [2.24, 2.45) is 11.8 Å². The van der Waals surface area contributed by atoms with Gasteiger partial charge in [-0.05, 0) is 62.0 Å². The average Bonchev–Trinajstić information content (AvgIpc) is 3.82. The van der Waals surface area contributed by atoms with Crippen LogP contribution in [-0.4, -0.2) is 143 Å². The third-order valence-corrected chi connectivity index (χ3v) is 14.7. The summed E-state index contributed by atoms with van der Waals surface area (Å²) >= 11 is 0. The van der Waals surface area contributed by atoms with E-state index in [2.05, 4.69) is 20.1 Å². The Labute approximate surface area is 330 Å². The van der Waals surface area contributed by atoms with Crippen molar-refractivity contribution >= 4 is 15.9 Å². The number of ketones is 1. The van der Waals surface area contributed by atoms with E-state index in [1.165, 1.54) is 0 Å². The van der Waals surface area contributed by atoms with E-state index >= 15 is 0 Å². The predicted octanol–water partition coefficient (Wildman–Crippen LogP) is 3.46. The summed E-state index contributed by atoms with van der Waals surface area (Å²) in [5, 5.41) is 10.8. The Morgan fingerprint density at radius 3 is 2.34 bits per heavy atom. The quantitative estimate of drug-likeness (QED) is 0.307. The molecule has 10 rings (SSSR count). The van der Waals surface area contributed by atoms with E-state index in [9.17, 15) is 18.3 Å². The van der Waals surface area contributed by atoms with Crippen molar-refractivity contribution in [3.8, 4) is 0 Å². The number of rotatable bonds is 6. The monoisotopic (exact) mass is 808 g/mol. The fourth-order valence-electron chi connectivity index (χ4n) is 11.5. The van der Waals surface area contributed by atoms with Gasteiger partial charge in [0.2, 0.25) is 0 Å². The maximum absolute atomic E-state index is 14.1. The molecule has 10 saturated heterocycles. The van der Waals surface area contributed by atoms with Crippen LogP contribution in [0.2, 0.25) is 0 Å². The van der Waals surface area contributed by atoms with Crippen LogP contribution in [0.5, 0.6) is 0 Å². The van der Waals surface area contributed by atoms with Gasteiger partial charge < -0.3 is 47.7 Å². The van der Waals surface area contributed by atoms with Crippen molar-refractivity contribution in [3.05, 3.63) is 24.3 Å². The topological polar surface area (TPSA) is 164 Å². The lowest BCUT2D eigenvalue weighted by Crippen LogP contribution is -2.61. The molecule has 0 aromatic rings. The molecule has 1 spiro atoms. The molecule has 56 heavy (non-hydrogen) atoms. The van der Waals surface area contributed by atoms with Crippen molar-refractivity contribution < 1.29 is 65.1 Å². The summed E-state index contributed by atoms with van der Waals surface area (Å²) in [6.45, 7) is 10.6. The molecule has 10 fully saturated rings. The molecule has 0 aliphatic carbocycles. The highest BCUT2D eigenvalue weighted by molar-refractivity contribution is 7.85. The fourth-order valence-corrected chi connectivity index (χ4v) is 11.9. The number of aliphatic hydroxyl groups excluding tert-OH is 1. The van der Waals surface area contributed by atoms with Crippen molar-refractivity contribution in [2.75, 3.05) is 20.0 Å². The number of hydrogen-bond acceptors (Lipinski definition) is 14. The SMILES string of the molecule is C=C1C[C@@H]2CC[C@@]34C[C@@H]5O[C@@H]6[C@@H](O[C@H]7CCC(CC(=O)C[C@H]8[C@H](CC9O[C@@H](CCC1O2)C[C@@H](C)C9=C)OC(C[C@H](O)COS(C)(=O)=O)[C@@H]8OC)O[C@@H]7[C@@H]6O3)[C@H]5O4. The van der Waals surface area contributed by atoms with E-state index in [1.54, 1.807) is 7.11 Å². The maximum Gasteiger partial charge on any atom is 0.264 e. The highest BCUT2D eigenvalue weighted by Crippen LogP contribution is 2.54. The van der Waals surface area contributed by atoms with Crippen LogP contribution in [0.1, 0.15) is 90.4 Å². The van der Waals surface area contributed by atoms with Gasteiger partial charge in [-0.2, -0.15) is 8.42 Å². The molecule has 314 valence electrons. The molecule has 12 bridgehead atoms. The summed E-state index contributed by atoms with van der Waals surface area (Å²) in [6, 6.07) is 0. The molecule has 0 radical (unpaired) electrons. The normalized spacial score (nSPS) is 49.8. The predicted molar refractivity (Wildman–Crippen MR) is 198 cm³/mol. The van der Waals surface area contributed by atoms with Crippen molar-refractivity contribution in [1.82, 2.24) is 0 Å². The molecular weight excluding hydrogens is 749 g/mol. The lowest BCUT2D eigenvalue weighted by atomic mass is 9.81. The number of carbonyl (C=O) groups excluding carboxylic acids is 1. The van der Waals surface area contributed by atoms with Gasteiger partial charge in [0.1, 0.15) is 36.3 Å². The second-order valence-electron chi connectivity index (χ2n) is 18.2. The molecule has 1 N–H and O–H groups in total. The minimum atomic E-state index is -3.75. The van der Waals surface area contributed by atoms with E-state index in [0.717, 1.165) is 55.9 Å². The van der Waals surface area contributed by atoms with E-state index in [1.807, 2.05) is 0 Å². The second kappa shape index (κ2) is 15.6. The van der Waals surface area contributed by atoms with Crippen LogP contribution in [0.4, 0.5) is 0 Å². The standard InChI is InChI=1S/C41H60O14S/c1-20-12-25-6-8-29-21(2)13-27(48-29)10-11-41-18-34-37(54-41)38-39(53-34)40(55-41)36-30(52-38)9-7-26(50-36)14-23(42)15-28-32(17-31(49-25)22(20)3)51-33(35(28)46-4)16-24(43)19-47-56(5,44)45/h20,24-40,43H,2-3,6-19H2,1,4-5H3/t20-,24+,25+,26?,27+,28+,29?,30+,31?,32+,33?,34+,35-,36+,37+,38+,39-,40+,41+/m1/s1. The minimum absolute atomic E-state index is 0.0168. The molecule has 19 atom stereocenters. The fraction of sp³-hybridized carbons (Fsp3) is 0.878. The Bertz CT molecular complexity index is 1620. The van der Waals surface area contributed by atoms with Gasteiger partial charge in [-0.1, -0.05) is 20.1 Å². The van der Waals surface area contributed by atoms with E-state index in [-0.39, 0.29) is 104 Å². The van der Waals surface area contributed by atoms with Crippen molar-refractivity contribution in [2.45, 2.75) is 194 Å². The highest BCUT2D eigenvalue weighted by atomic mass is 32.2. The summed E-state index contributed by atoms with van der Waals surface area (Å²) in [7, 11) is -2.17. The van der Waals surface area contributed by atoms with Gasteiger partial charge in [-0.15, -0.1) is 0 Å². The Balaban J connectivity index is 0.979. The number of Topliss-reactive ketones (excluding diaryl/α,β-unsaturated/α-hetero) is 1. The van der Waals surface area contributed by atoms with Crippen LogP contribution in [0, 0.1) is 11.8 Å². The second-order valence-corrected chi connectivity index (χ2v) is 19.8. The number of fused-ring (bicyclic) bond motifs is 6. The number of ether oxygens (including phenoxy) is 9. The lowest BCUT2D eigenvalue weighted by Gasteiger charge is -2.47. The average molecular weight is 809 g/mol. The Hall–Kier alpha value is -1.34. The van der Waals surface area contributed by atoms with E-state index in [0.29, 0.717) is 25.7 Å². The van der Waals surface area contributed by atoms with E-state index in [4.69, 9.17) is 46.8 Å². The summed E-state index contributed by atoms with van der Waals surface area (Å²) < 4.78 is 88.1. The first-order valence-corrected chi connectivity index (χ1v) is 22.8. The molecule has 14 nitrogen and oxygen atoms in total. The van der Waals surface area contributed by atoms with Gasteiger partial charge in [0.05, 0.1) is 80.0 Å². The van der Waals surface area contributed by atoms with Crippen LogP contribution in [0.15, 0.2) is 24.3 Å². The summed E-state index contributed by atoms with van der Waals surface area (Å²) in [4.78, 5) is 14.1. The summed E-state index contributed by atoms with van der Waals surface area (Å²) in [5.41, 5.74) is 2.10. The highest BCUT2D eigenvalue weighted by Gasteiger charge is 2.68. The van der Waals surface area contributed by atoms with Crippen molar-refractivity contribution in [1.29, 1.82) is 0 Å². The zero-order valence-corrected chi connectivity index (χ0v) is 33.7. The van der Waals surface area contributed by atoms with Crippen molar-refractivity contribution in [3.63, 3.8) is 0 Å². The first kappa shape index (κ1) is 40.1. The summed E-state index contributed by atoms with van der Waals surface area (Å²) in [6.07, 6.45) is 3.43. The molecule has 10 aliphatic rings. The van der Waals surface area contributed by atoms with Crippen LogP contribution < -0.4 is 0 Å². The Kier molecular flexibility index (Phi) is 11.2. The molecule has 0 aromatic carbocycles.